The number of ketones is 2. The van der Waals surface area contributed by atoms with Crippen LogP contribution in [0.3, 0.4) is 0 Å². The third-order valence-corrected chi connectivity index (χ3v) is 6.35. The first-order chi connectivity index (χ1) is 13.1. The number of carbonyl (C=O) groups is 2. The predicted molar refractivity (Wildman–Crippen MR) is 105 cm³/mol. The fourth-order valence-electron chi connectivity index (χ4n) is 5.12. The lowest BCUT2D eigenvalue weighted by atomic mass is 9.73. The Morgan fingerprint density at radius 3 is 2.32 bits per heavy atom. The summed E-state index contributed by atoms with van der Waals surface area (Å²) in [6, 6.07) is 3.91. The molecule has 4 aliphatic rings. The Morgan fingerprint density at radius 2 is 1.54 bits per heavy atom. The molecule has 0 atom stereocenters. The molecular weight excluding hydrogens is 352 g/mol. The average Bonchev–Trinajstić information content (AvgIpc) is 2.57. The zero-order valence-electron chi connectivity index (χ0n) is 17.0. The molecule has 2 aliphatic carbocycles. The third-order valence-electron chi connectivity index (χ3n) is 6.35. The van der Waals surface area contributed by atoms with E-state index in [9.17, 15) is 9.59 Å². The molecule has 5 rings (SSSR count). The van der Waals surface area contributed by atoms with Crippen LogP contribution in [-0.4, -0.2) is 11.6 Å². The molecule has 0 aromatic heterocycles. The van der Waals surface area contributed by atoms with Gasteiger partial charge >= 0.3 is 0 Å². The Bertz CT molecular complexity index is 923. The highest BCUT2D eigenvalue weighted by Gasteiger charge is 2.40. The van der Waals surface area contributed by atoms with Crippen molar-refractivity contribution in [2.24, 2.45) is 10.8 Å². The summed E-state index contributed by atoms with van der Waals surface area (Å²) in [5, 5.41) is 0. The molecule has 4 nitrogen and oxygen atoms in total. The van der Waals surface area contributed by atoms with Crippen molar-refractivity contribution in [1.82, 2.24) is 0 Å². The first kappa shape index (κ1) is 17.7. The van der Waals surface area contributed by atoms with Crippen LogP contribution in [0.4, 0.5) is 0 Å². The molecule has 2 aliphatic heterocycles. The van der Waals surface area contributed by atoms with Gasteiger partial charge in [0, 0.05) is 43.2 Å². The van der Waals surface area contributed by atoms with Gasteiger partial charge < -0.3 is 9.47 Å². The van der Waals surface area contributed by atoms with Gasteiger partial charge in [-0.05, 0) is 34.5 Å². The zero-order valence-corrected chi connectivity index (χ0v) is 17.0. The second kappa shape index (κ2) is 5.59. The molecule has 0 N–H and O–H groups in total. The summed E-state index contributed by atoms with van der Waals surface area (Å²) in [7, 11) is 0. The van der Waals surface area contributed by atoms with Gasteiger partial charge in [-0.25, -0.2) is 0 Å². The van der Waals surface area contributed by atoms with Gasteiger partial charge in [0.2, 0.25) is 0 Å². The number of allylic oxidation sites excluding steroid dienone is 4. The van der Waals surface area contributed by atoms with Crippen molar-refractivity contribution in [3.05, 3.63) is 45.9 Å². The molecule has 4 heteroatoms. The van der Waals surface area contributed by atoms with Crippen molar-refractivity contribution in [3.63, 3.8) is 0 Å². The molecular formula is C24H26O4. The molecule has 0 fully saturated rings. The van der Waals surface area contributed by atoms with Crippen LogP contribution in [0.25, 0.3) is 0 Å². The maximum atomic E-state index is 12.6. The van der Waals surface area contributed by atoms with E-state index in [0.29, 0.717) is 31.4 Å². The van der Waals surface area contributed by atoms with E-state index in [1.165, 1.54) is 0 Å². The largest absolute Gasteiger partial charge is 0.461 e. The molecule has 2 heterocycles. The SMILES string of the molecule is CC1(C)CC(=O)C2=C(Cc3c(ccc4c3OC3=C(C4)C(=O)CC(C)(C)C3)O2)C1. The Balaban J connectivity index is 1.54. The van der Waals surface area contributed by atoms with Gasteiger partial charge in [0.05, 0.1) is 0 Å². The first-order valence-corrected chi connectivity index (χ1v) is 10.1. The summed E-state index contributed by atoms with van der Waals surface area (Å²) in [5.74, 6) is 3.22. The van der Waals surface area contributed by atoms with Crippen molar-refractivity contribution >= 4 is 11.6 Å². The molecule has 0 spiro atoms. The zero-order chi connectivity index (χ0) is 19.8. The monoisotopic (exact) mass is 378 g/mol. The lowest BCUT2D eigenvalue weighted by Crippen LogP contribution is -2.32. The summed E-state index contributed by atoms with van der Waals surface area (Å²) in [4.78, 5) is 25.2. The summed E-state index contributed by atoms with van der Waals surface area (Å²) in [6.45, 7) is 8.50. The van der Waals surface area contributed by atoms with Gasteiger partial charge in [0.15, 0.2) is 17.3 Å². The van der Waals surface area contributed by atoms with E-state index in [2.05, 4.69) is 27.7 Å². The van der Waals surface area contributed by atoms with Crippen LogP contribution in [0.5, 0.6) is 11.5 Å². The number of hydrogen-bond acceptors (Lipinski definition) is 4. The first-order valence-electron chi connectivity index (χ1n) is 10.1. The normalized spacial score (nSPS) is 24.6. The van der Waals surface area contributed by atoms with Gasteiger partial charge in [-0.15, -0.1) is 0 Å². The van der Waals surface area contributed by atoms with Crippen molar-refractivity contribution < 1.29 is 19.1 Å². The predicted octanol–water partition coefficient (Wildman–Crippen LogP) is 4.84. The molecule has 0 amide bonds. The number of fused-ring (bicyclic) bond motifs is 3. The lowest BCUT2D eigenvalue weighted by molar-refractivity contribution is -0.120. The number of carbonyl (C=O) groups excluding carboxylic acids is 2. The summed E-state index contributed by atoms with van der Waals surface area (Å²) in [6.07, 6.45) is 4.04. The molecule has 28 heavy (non-hydrogen) atoms. The van der Waals surface area contributed by atoms with Crippen molar-refractivity contribution in [1.29, 1.82) is 0 Å². The number of Topliss-reactive ketones (excluding diaryl/α,β-unsaturated/α-hetero) is 2. The smallest absolute Gasteiger partial charge is 0.198 e. The van der Waals surface area contributed by atoms with Crippen LogP contribution in [0.1, 0.15) is 64.5 Å². The molecule has 0 saturated carbocycles. The van der Waals surface area contributed by atoms with Gasteiger partial charge in [0.25, 0.3) is 0 Å². The summed E-state index contributed by atoms with van der Waals surface area (Å²) >= 11 is 0. The quantitative estimate of drug-likeness (QED) is 0.648. The number of ether oxygens (including phenoxy) is 2. The maximum absolute atomic E-state index is 12.6. The van der Waals surface area contributed by atoms with Gasteiger partial charge in [-0.2, -0.15) is 0 Å². The van der Waals surface area contributed by atoms with E-state index in [-0.39, 0.29) is 22.4 Å². The van der Waals surface area contributed by atoms with E-state index >= 15 is 0 Å². The highest BCUT2D eigenvalue weighted by molar-refractivity contribution is 5.98. The van der Waals surface area contributed by atoms with Gasteiger partial charge in [-0.3, -0.25) is 9.59 Å². The van der Waals surface area contributed by atoms with Crippen molar-refractivity contribution in [2.75, 3.05) is 0 Å². The van der Waals surface area contributed by atoms with E-state index in [4.69, 9.17) is 9.47 Å². The molecule has 146 valence electrons. The summed E-state index contributed by atoms with van der Waals surface area (Å²) in [5.41, 5.74) is 3.85. The number of rotatable bonds is 0. The van der Waals surface area contributed by atoms with Crippen LogP contribution < -0.4 is 9.47 Å². The Hall–Kier alpha value is -2.36. The fraction of sp³-hybridized carbons (Fsp3) is 0.500. The van der Waals surface area contributed by atoms with E-state index in [0.717, 1.165) is 52.4 Å². The molecule has 1 aromatic rings. The molecule has 0 saturated heterocycles. The minimum Gasteiger partial charge on any atom is -0.461 e. The molecule has 1 aromatic carbocycles. The van der Waals surface area contributed by atoms with Gasteiger partial charge in [-0.1, -0.05) is 33.8 Å². The van der Waals surface area contributed by atoms with E-state index in [1.807, 2.05) is 12.1 Å². The molecule has 0 unspecified atom stereocenters. The van der Waals surface area contributed by atoms with E-state index < -0.39 is 0 Å². The van der Waals surface area contributed by atoms with Crippen LogP contribution in [0.15, 0.2) is 34.8 Å². The molecule has 0 radical (unpaired) electrons. The second-order valence-corrected chi connectivity index (χ2v) is 10.3. The van der Waals surface area contributed by atoms with Crippen molar-refractivity contribution in [3.8, 4) is 11.5 Å². The minimum atomic E-state index is -0.0751. The topological polar surface area (TPSA) is 52.6 Å². The number of hydrogen-bond donors (Lipinski definition) is 0. The van der Waals surface area contributed by atoms with Crippen molar-refractivity contribution in [2.45, 2.75) is 66.2 Å². The number of benzene rings is 1. The Morgan fingerprint density at radius 1 is 0.821 bits per heavy atom. The minimum absolute atomic E-state index is 0.0397. The highest BCUT2D eigenvalue weighted by atomic mass is 16.5. The molecule has 0 bridgehead atoms. The van der Waals surface area contributed by atoms with Crippen LogP contribution >= 0.6 is 0 Å². The van der Waals surface area contributed by atoms with E-state index in [1.54, 1.807) is 0 Å². The van der Waals surface area contributed by atoms with Crippen LogP contribution in [0, 0.1) is 10.8 Å². The fourth-order valence-corrected chi connectivity index (χ4v) is 5.12. The average molecular weight is 378 g/mol. The third kappa shape index (κ3) is 2.73. The standard InChI is InChI=1S/C24H26O4/c1-23(2)9-14-8-16-19(27-22(14)18(26)11-23)6-5-13-7-15-17(25)10-24(3,4)12-20(15)28-21(13)16/h5-6H,7-12H2,1-4H3. The Kier molecular flexibility index (Phi) is 3.54. The maximum Gasteiger partial charge on any atom is 0.198 e. The Labute approximate surface area is 165 Å². The van der Waals surface area contributed by atoms with Gasteiger partial charge in [0.1, 0.15) is 17.3 Å². The highest BCUT2D eigenvalue weighted by Crippen LogP contribution is 2.49. The lowest BCUT2D eigenvalue weighted by Gasteiger charge is -2.37. The van der Waals surface area contributed by atoms with Crippen LogP contribution in [-0.2, 0) is 22.4 Å². The summed E-state index contributed by atoms with van der Waals surface area (Å²) < 4.78 is 12.4. The second-order valence-electron chi connectivity index (χ2n) is 10.3. The van der Waals surface area contributed by atoms with Crippen LogP contribution in [0.2, 0.25) is 0 Å².